The van der Waals surface area contributed by atoms with Gasteiger partial charge in [-0.1, -0.05) is 31.9 Å². The van der Waals surface area contributed by atoms with Crippen LogP contribution in [-0.2, 0) is 0 Å². The van der Waals surface area contributed by atoms with E-state index in [1.807, 2.05) is 6.07 Å². The average molecular weight is 247 g/mol. The van der Waals surface area contributed by atoms with E-state index >= 15 is 0 Å². The first kappa shape index (κ1) is 13.4. The zero-order valence-corrected chi connectivity index (χ0v) is 11.6. The molecule has 1 unspecified atom stereocenters. The molecule has 0 heterocycles. The molecule has 0 aromatic heterocycles. The summed E-state index contributed by atoms with van der Waals surface area (Å²) in [5.41, 5.74) is 1.26. The summed E-state index contributed by atoms with van der Waals surface area (Å²) in [6, 6.07) is 8.92. The Balaban J connectivity index is 1.71. The highest BCUT2D eigenvalue weighted by atomic mass is 16.5. The molecule has 1 aliphatic carbocycles. The molecule has 2 heteroatoms. The second-order valence-electron chi connectivity index (χ2n) is 5.39. The number of ether oxygens (including phenoxy) is 1. The van der Waals surface area contributed by atoms with Crippen molar-refractivity contribution >= 4 is 0 Å². The van der Waals surface area contributed by atoms with Crippen LogP contribution in [0.2, 0.25) is 0 Å². The molecular weight excluding hydrogens is 222 g/mol. The largest absolute Gasteiger partial charge is 0.494 e. The van der Waals surface area contributed by atoms with E-state index in [2.05, 4.69) is 37.4 Å². The Morgan fingerprint density at radius 3 is 2.89 bits per heavy atom. The lowest BCUT2D eigenvalue weighted by atomic mass is 10.1. The quantitative estimate of drug-likeness (QED) is 0.758. The molecule has 2 rings (SSSR count). The highest BCUT2D eigenvalue weighted by Crippen LogP contribution is 2.34. The maximum absolute atomic E-state index is 5.83. The second kappa shape index (κ2) is 6.79. The Hall–Kier alpha value is -1.02. The predicted molar refractivity (Wildman–Crippen MR) is 76.1 cm³/mol. The smallest absolute Gasteiger partial charge is 0.119 e. The first-order valence-corrected chi connectivity index (χ1v) is 7.20. The lowest BCUT2D eigenvalue weighted by Crippen LogP contribution is -2.31. The van der Waals surface area contributed by atoms with Gasteiger partial charge in [-0.25, -0.2) is 0 Å². The molecule has 1 aromatic carbocycles. The van der Waals surface area contributed by atoms with Gasteiger partial charge in [-0.05, 0) is 49.9 Å². The van der Waals surface area contributed by atoms with Gasteiger partial charge in [-0.15, -0.1) is 0 Å². The number of rotatable bonds is 8. The van der Waals surface area contributed by atoms with Gasteiger partial charge in [0.05, 0.1) is 6.61 Å². The van der Waals surface area contributed by atoms with Crippen molar-refractivity contribution in [2.45, 2.75) is 45.6 Å². The highest BCUT2D eigenvalue weighted by molar-refractivity contribution is 5.27. The summed E-state index contributed by atoms with van der Waals surface area (Å²) in [7, 11) is 0. The van der Waals surface area contributed by atoms with Crippen LogP contribution in [0.4, 0.5) is 0 Å². The van der Waals surface area contributed by atoms with Crippen LogP contribution in [0, 0.1) is 12.8 Å². The SMILES string of the molecule is CCNC(CCOc1cccc(C)c1)CC1CC1. The van der Waals surface area contributed by atoms with E-state index in [-0.39, 0.29) is 0 Å². The van der Waals surface area contributed by atoms with E-state index in [1.165, 1.54) is 24.8 Å². The van der Waals surface area contributed by atoms with Crippen molar-refractivity contribution in [3.8, 4) is 5.75 Å². The van der Waals surface area contributed by atoms with Gasteiger partial charge in [0.15, 0.2) is 0 Å². The molecule has 1 aliphatic rings. The van der Waals surface area contributed by atoms with Crippen LogP contribution >= 0.6 is 0 Å². The lowest BCUT2D eigenvalue weighted by molar-refractivity contribution is 0.278. The standard InChI is InChI=1S/C16H25NO/c1-3-17-15(12-14-7-8-14)9-10-18-16-6-4-5-13(2)11-16/h4-6,11,14-15,17H,3,7-10,12H2,1-2H3. The summed E-state index contributed by atoms with van der Waals surface area (Å²) in [5.74, 6) is 1.98. The van der Waals surface area contributed by atoms with Gasteiger partial charge in [-0.3, -0.25) is 0 Å². The molecule has 0 spiro atoms. The molecule has 18 heavy (non-hydrogen) atoms. The minimum absolute atomic E-state index is 0.632. The van der Waals surface area contributed by atoms with Crippen molar-refractivity contribution < 1.29 is 4.74 Å². The Labute approximate surface area is 111 Å². The van der Waals surface area contributed by atoms with Gasteiger partial charge in [0.25, 0.3) is 0 Å². The molecule has 0 bridgehead atoms. The Morgan fingerprint density at radius 2 is 2.22 bits per heavy atom. The van der Waals surface area contributed by atoms with Gasteiger partial charge < -0.3 is 10.1 Å². The molecule has 1 N–H and O–H groups in total. The minimum Gasteiger partial charge on any atom is -0.494 e. The molecule has 1 saturated carbocycles. The molecule has 0 radical (unpaired) electrons. The fourth-order valence-corrected chi connectivity index (χ4v) is 2.37. The summed E-state index contributed by atoms with van der Waals surface area (Å²) < 4.78 is 5.83. The Morgan fingerprint density at radius 1 is 1.39 bits per heavy atom. The normalized spacial score (nSPS) is 16.6. The predicted octanol–water partition coefficient (Wildman–Crippen LogP) is 3.54. The zero-order valence-electron chi connectivity index (χ0n) is 11.6. The third-order valence-corrected chi connectivity index (χ3v) is 3.53. The Kier molecular flexibility index (Phi) is 5.06. The van der Waals surface area contributed by atoms with Gasteiger partial charge in [-0.2, -0.15) is 0 Å². The topological polar surface area (TPSA) is 21.3 Å². The lowest BCUT2D eigenvalue weighted by Gasteiger charge is -2.18. The molecule has 100 valence electrons. The molecule has 2 nitrogen and oxygen atoms in total. The van der Waals surface area contributed by atoms with Crippen molar-refractivity contribution in [3.05, 3.63) is 29.8 Å². The van der Waals surface area contributed by atoms with E-state index in [1.54, 1.807) is 0 Å². The van der Waals surface area contributed by atoms with Gasteiger partial charge in [0.1, 0.15) is 5.75 Å². The fourth-order valence-electron chi connectivity index (χ4n) is 2.37. The maximum atomic E-state index is 5.83. The number of hydrogen-bond acceptors (Lipinski definition) is 2. The summed E-state index contributed by atoms with van der Waals surface area (Å²) in [4.78, 5) is 0. The molecule has 1 aromatic rings. The maximum Gasteiger partial charge on any atom is 0.119 e. The highest BCUT2D eigenvalue weighted by Gasteiger charge is 2.24. The van der Waals surface area contributed by atoms with Crippen molar-refractivity contribution in [1.29, 1.82) is 0 Å². The van der Waals surface area contributed by atoms with Crippen LogP contribution in [0.25, 0.3) is 0 Å². The summed E-state index contributed by atoms with van der Waals surface area (Å²) in [6.45, 7) is 6.15. The first-order chi connectivity index (χ1) is 8.78. The molecular formula is C16H25NO. The summed E-state index contributed by atoms with van der Waals surface area (Å²) in [6.07, 6.45) is 5.30. The van der Waals surface area contributed by atoms with Crippen molar-refractivity contribution in [1.82, 2.24) is 5.32 Å². The third kappa shape index (κ3) is 4.69. The van der Waals surface area contributed by atoms with E-state index in [0.717, 1.165) is 31.2 Å². The molecule has 0 aliphatic heterocycles. The third-order valence-electron chi connectivity index (χ3n) is 3.53. The number of nitrogens with one attached hydrogen (secondary N) is 1. The molecule has 0 amide bonds. The average Bonchev–Trinajstić information content (AvgIpc) is 3.13. The van der Waals surface area contributed by atoms with Crippen molar-refractivity contribution in [3.63, 3.8) is 0 Å². The minimum atomic E-state index is 0.632. The molecule has 1 atom stereocenters. The monoisotopic (exact) mass is 247 g/mol. The van der Waals surface area contributed by atoms with E-state index in [0.29, 0.717) is 6.04 Å². The summed E-state index contributed by atoms with van der Waals surface area (Å²) in [5, 5.41) is 3.57. The molecule has 1 fully saturated rings. The fraction of sp³-hybridized carbons (Fsp3) is 0.625. The van der Waals surface area contributed by atoms with Crippen LogP contribution in [0.15, 0.2) is 24.3 Å². The van der Waals surface area contributed by atoms with Gasteiger partial charge in [0, 0.05) is 6.04 Å². The molecule has 0 saturated heterocycles. The van der Waals surface area contributed by atoms with Gasteiger partial charge in [0.2, 0.25) is 0 Å². The van der Waals surface area contributed by atoms with Crippen molar-refractivity contribution in [2.75, 3.05) is 13.2 Å². The first-order valence-electron chi connectivity index (χ1n) is 7.20. The van der Waals surface area contributed by atoms with Crippen LogP contribution in [-0.4, -0.2) is 19.2 Å². The van der Waals surface area contributed by atoms with Crippen LogP contribution in [0.1, 0.15) is 38.2 Å². The van der Waals surface area contributed by atoms with Crippen LogP contribution in [0.3, 0.4) is 0 Å². The zero-order chi connectivity index (χ0) is 12.8. The van der Waals surface area contributed by atoms with E-state index < -0.39 is 0 Å². The Bertz CT molecular complexity index is 360. The summed E-state index contributed by atoms with van der Waals surface area (Å²) >= 11 is 0. The van der Waals surface area contributed by atoms with Crippen LogP contribution in [0.5, 0.6) is 5.75 Å². The number of aryl methyl sites for hydroxylation is 1. The van der Waals surface area contributed by atoms with Crippen LogP contribution < -0.4 is 10.1 Å². The second-order valence-corrected chi connectivity index (χ2v) is 5.39. The van der Waals surface area contributed by atoms with E-state index in [9.17, 15) is 0 Å². The number of hydrogen-bond donors (Lipinski definition) is 1. The van der Waals surface area contributed by atoms with Gasteiger partial charge >= 0.3 is 0 Å². The number of benzene rings is 1. The van der Waals surface area contributed by atoms with E-state index in [4.69, 9.17) is 4.74 Å². The van der Waals surface area contributed by atoms with Crippen molar-refractivity contribution in [2.24, 2.45) is 5.92 Å².